The van der Waals surface area contributed by atoms with Gasteiger partial charge in [0.2, 0.25) is 0 Å². The average molecular weight is 487 g/mol. The second-order valence-corrected chi connectivity index (χ2v) is 8.77. The van der Waals surface area contributed by atoms with E-state index in [9.17, 15) is 20.0 Å². The number of fused-ring (bicyclic) bond motifs is 1. The van der Waals surface area contributed by atoms with E-state index >= 15 is 0 Å². The van der Waals surface area contributed by atoms with Crippen molar-refractivity contribution in [3.05, 3.63) is 105 Å². The smallest absolute Gasteiger partial charge is 0.269 e. The Labute approximate surface area is 209 Å². The van der Waals surface area contributed by atoms with E-state index in [1.54, 1.807) is 12.1 Å². The number of rotatable bonds is 12. The SMILES string of the molecule is O=C(NCCCCc1ccccc1)c1ccc([N+](=O)[O-])cc1CNCCc1c[nH]c2ccc(O)cc12. The van der Waals surface area contributed by atoms with E-state index in [0.717, 1.165) is 35.7 Å². The molecule has 0 saturated carbocycles. The minimum Gasteiger partial charge on any atom is -0.508 e. The second kappa shape index (κ2) is 12.0. The van der Waals surface area contributed by atoms with Crippen molar-refractivity contribution < 1.29 is 14.8 Å². The number of carbonyl (C=O) groups is 1. The Morgan fingerprint density at radius 3 is 2.58 bits per heavy atom. The highest BCUT2D eigenvalue weighted by atomic mass is 16.6. The summed E-state index contributed by atoms with van der Waals surface area (Å²) in [5.74, 6) is -0.0165. The van der Waals surface area contributed by atoms with E-state index < -0.39 is 4.92 Å². The zero-order valence-corrected chi connectivity index (χ0v) is 20.0. The molecule has 0 aliphatic rings. The van der Waals surface area contributed by atoms with Gasteiger partial charge in [-0.1, -0.05) is 30.3 Å². The van der Waals surface area contributed by atoms with E-state index in [0.29, 0.717) is 37.2 Å². The van der Waals surface area contributed by atoms with Crippen LogP contribution < -0.4 is 10.6 Å². The fraction of sp³-hybridized carbons (Fsp3) is 0.250. The van der Waals surface area contributed by atoms with E-state index in [-0.39, 0.29) is 17.3 Å². The molecule has 3 aromatic carbocycles. The van der Waals surface area contributed by atoms with Crippen LogP contribution in [0.1, 0.15) is 39.9 Å². The molecule has 4 aromatic rings. The lowest BCUT2D eigenvalue weighted by Gasteiger charge is -2.11. The number of unbranched alkanes of at least 4 members (excludes halogenated alkanes) is 1. The largest absolute Gasteiger partial charge is 0.508 e. The Bertz CT molecular complexity index is 1330. The number of non-ortho nitro benzene ring substituents is 1. The van der Waals surface area contributed by atoms with Crippen LogP contribution in [0.25, 0.3) is 10.9 Å². The van der Waals surface area contributed by atoms with Crippen LogP contribution in [0.2, 0.25) is 0 Å². The van der Waals surface area contributed by atoms with Crippen molar-refractivity contribution in [2.75, 3.05) is 13.1 Å². The van der Waals surface area contributed by atoms with Gasteiger partial charge in [-0.15, -0.1) is 0 Å². The Morgan fingerprint density at radius 1 is 0.944 bits per heavy atom. The van der Waals surface area contributed by atoms with Gasteiger partial charge in [-0.3, -0.25) is 14.9 Å². The zero-order valence-electron chi connectivity index (χ0n) is 20.0. The number of nitrogens with zero attached hydrogens (tertiary/aromatic N) is 1. The normalized spacial score (nSPS) is 11.0. The van der Waals surface area contributed by atoms with Crippen molar-refractivity contribution in [1.82, 2.24) is 15.6 Å². The van der Waals surface area contributed by atoms with Gasteiger partial charge in [0.05, 0.1) is 4.92 Å². The molecule has 1 heterocycles. The first-order chi connectivity index (χ1) is 17.5. The summed E-state index contributed by atoms with van der Waals surface area (Å²) in [6, 6.07) is 19.8. The number of nitro groups is 1. The number of hydrogen-bond donors (Lipinski definition) is 4. The number of aromatic nitrogens is 1. The molecule has 36 heavy (non-hydrogen) atoms. The lowest BCUT2D eigenvalue weighted by atomic mass is 10.0. The van der Waals surface area contributed by atoms with Crippen LogP contribution in [0.3, 0.4) is 0 Å². The molecule has 0 atom stereocenters. The molecule has 0 spiro atoms. The van der Waals surface area contributed by atoms with Crippen LogP contribution in [-0.2, 0) is 19.4 Å². The van der Waals surface area contributed by atoms with E-state index in [2.05, 4.69) is 27.8 Å². The van der Waals surface area contributed by atoms with Crippen LogP contribution in [0.4, 0.5) is 5.69 Å². The highest BCUT2D eigenvalue weighted by Gasteiger charge is 2.16. The number of phenolic OH excluding ortho intramolecular Hbond substituents is 1. The summed E-state index contributed by atoms with van der Waals surface area (Å²) < 4.78 is 0. The molecule has 0 saturated heterocycles. The molecular weight excluding hydrogens is 456 g/mol. The lowest BCUT2D eigenvalue weighted by molar-refractivity contribution is -0.384. The van der Waals surface area contributed by atoms with Gasteiger partial charge < -0.3 is 20.7 Å². The maximum absolute atomic E-state index is 12.8. The number of H-pyrrole nitrogens is 1. The number of benzene rings is 3. The van der Waals surface area contributed by atoms with Gasteiger partial charge in [-0.2, -0.15) is 0 Å². The third-order valence-corrected chi connectivity index (χ3v) is 6.20. The topological polar surface area (TPSA) is 120 Å². The molecule has 0 radical (unpaired) electrons. The molecule has 0 aliphatic carbocycles. The van der Waals surface area contributed by atoms with Gasteiger partial charge in [0.1, 0.15) is 5.75 Å². The maximum Gasteiger partial charge on any atom is 0.269 e. The molecule has 1 aromatic heterocycles. The number of amides is 1. The van der Waals surface area contributed by atoms with Gasteiger partial charge in [0, 0.05) is 47.9 Å². The summed E-state index contributed by atoms with van der Waals surface area (Å²) in [6.07, 6.45) is 5.38. The number of aromatic hydroxyl groups is 1. The van der Waals surface area contributed by atoms with Crippen molar-refractivity contribution in [2.45, 2.75) is 32.2 Å². The quantitative estimate of drug-likeness (QED) is 0.129. The molecular formula is C28H30N4O4. The van der Waals surface area contributed by atoms with Gasteiger partial charge in [-0.05, 0) is 73.2 Å². The van der Waals surface area contributed by atoms with E-state index in [4.69, 9.17) is 0 Å². The van der Waals surface area contributed by atoms with Crippen molar-refractivity contribution in [3.63, 3.8) is 0 Å². The number of aromatic amines is 1. The van der Waals surface area contributed by atoms with Crippen LogP contribution >= 0.6 is 0 Å². The third-order valence-electron chi connectivity index (χ3n) is 6.20. The molecule has 8 heteroatoms. The number of phenols is 1. The molecule has 0 unspecified atom stereocenters. The van der Waals surface area contributed by atoms with Crippen LogP contribution in [0, 0.1) is 10.1 Å². The van der Waals surface area contributed by atoms with Crippen molar-refractivity contribution in [2.24, 2.45) is 0 Å². The summed E-state index contributed by atoms with van der Waals surface area (Å²) in [6.45, 7) is 1.47. The Balaban J connectivity index is 1.32. The highest BCUT2D eigenvalue weighted by Crippen LogP contribution is 2.23. The van der Waals surface area contributed by atoms with Crippen molar-refractivity contribution in [3.8, 4) is 5.75 Å². The maximum atomic E-state index is 12.8. The van der Waals surface area contributed by atoms with Gasteiger partial charge in [0.25, 0.3) is 11.6 Å². The van der Waals surface area contributed by atoms with E-state index in [1.165, 1.54) is 23.8 Å². The molecule has 0 bridgehead atoms. The molecule has 186 valence electrons. The Kier molecular flexibility index (Phi) is 8.31. The summed E-state index contributed by atoms with van der Waals surface area (Å²) in [7, 11) is 0. The van der Waals surface area contributed by atoms with Crippen LogP contribution in [-0.4, -0.2) is 34.0 Å². The molecule has 4 N–H and O–H groups in total. The van der Waals surface area contributed by atoms with Gasteiger partial charge in [0.15, 0.2) is 0 Å². The van der Waals surface area contributed by atoms with Crippen molar-refractivity contribution in [1.29, 1.82) is 0 Å². The van der Waals surface area contributed by atoms with Gasteiger partial charge >= 0.3 is 0 Å². The lowest BCUT2D eigenvalue weighted by Crippen LogP contribution is -2.27. The summed E-state index contributed by atoms with van der Waals surface area (Å²) >= 11 is 0. The molecule has 4 rings (SSSR count). The minimum atomic E-state index is -0.451. The number of nitro benzene ring substituents is 1. The number of carbonyl (C=O) groups excluding carboxylic acids is 1. The first kappa shape index (κ1) is 24.9. The highest BCUT2D eigenvalue weighted by molar-refractivity contribution is 5.96. The fourth-order valence-electron chi connectivity index (χ4n) is 4.28. The fourth-order valence-corrected chi connectivity index (χ4v) is 4.28. The van der Waals surface area contributed by atoms with Crippen molar-refractivity contribution >= 4 is 22.5 Å². The summed E-state index contributed by atoms with van der Waals surface area (Å²) in [4.78, 5) is 26.9. The standard InChI is InChI=1S/C28H30N4O4/c33-24-10-12-27-26(17-24)21(19-31-27)13-15-29-18-22-16-23(32(35)36)9-11-25(22)28(34)30-14-5-4-8-20-6-2-1-3-7-20/h1-3,6-7,9-12,16-17,19,29,31,33H,4-5,8,13-15,18H2,(H,30,34). The average Bonchev–Trinajstić information content (AvgIpc) is 3.28. The summed E-state index contributed by atoms with van der Waals surface area (Å²) in [5.41, 5.74) is 4.26. The Hall–Kier alpha value is -4.17. The zero-order chi connectivity index (χ0) is 25.3. The number of nitrogens with one attached hydrogen (secondary N) is 3. The van der Waals surface area contributed by atoms with Crippen LogP contribution in [0.15, 0.2) is 72.9 Å². The number of hydrogen-bond acceptors (Lipinski definition) is 5. The predicted molar refractivity (Wildman–Crippen MR) is 140 cm³/mol. The minimum absolute atomic E-state index is 0.0432. The van der Waals surface area contributed by atoms with E-state index in [1.807, 2.05) is 30.5 Å². The molecule has 0 fully saturated rings. The molecule has 1 amide bonds. The Morgan fingerprint density at radius 2 is 1.78 bits per heavy atom. The third kappa shape index (κ3) is 6.49. The first-order valence-corrected chi connectivity index (χ1v) is 12.1. The van der Waals surface area contributed by atoms with Gasteiger partial charge in [-0.25, -0.2) is 0 Å². The number of aryl methyl sites for hydroxylation is 1. The summed E-state index contributed by atoms with van der Waals surface area (Å²) in [5, 5.41) is 28.3. The second-order valence-electron chi connectivity index (χ2n) is 8.77. The molecule has 8 nitrogen and oxygen atoms in total. The monoisotopic (exact) mass is 486 g/mol. The predicted octanol–water partition coefficient (Wildman–Crippen LogP) is 4.87. The van der Waals surface area contributed by atoms with Crippen LogP contribution in [0.5, 0.6) is 5.75 Å². The molecule has 0 aliphatic heterocycles. The first-order valence-electron chi connectivity index (χ1n) is 12.1.